The number of unbranched alkanes of at least 4 members (excludes halogenated alkanes) is 13. The van der Waals surface area contributed by atoms with E-state index in [4.69, 9.17) is 5.11 Å². The highest BCUT2D eigenvalue weighted by atomic mass is 16.4. The molecule has 198 valence electrons. The number of carbonyl (C=O) groups is 4. The zero-order chi connectivity index (χ0) is 25.4. The molecule has 0 aliphatic carbocycles. The molecule has 1 amide bonds. The first-order valence-electron chi connectivity index (χ1n) is 13.6. The van der Waals surface area contributed by atoms with Crippen LogP contribution in [-0.2, 0) is 19.2 Å². The Morgan fingerprint density at radius 3 is 1.50 bits per heavy atom. The lowest BCUT2D eigenvalue weighted by Crippen LogP contribution is -2.26. The Balaban J connectivity index is 3.55. The Morgan fingerprint density at radius 1 is 0.647 bits per heavy atom. The van der Waals surface area contributed by atoms with Crippen LogP contribution in [0.2, 0.25) is 0 Å². The van der Waals surface area contributed by atoms with Crippen LogP contribution in [-0.4, -0.2) is 40.4 Å². The fourth-order valence-electron chi connectivity index (χ4n) is 4.07. The predicted octanol–water partition coefficient (Wildman–Crippen LogP) is 6.28. The minimum absolute atomic E-state index is 0.0109. The minimum Gasteiger partial charge on any atom is -0.481 e. The van der Waals surface area contributed by atoms with Crippen LogP contribution in [0.3, 0.4) is 0 Å². The molecule has 0 heterocycles. The summed E-state index contributed by atoms with van der Waals surface area (Å²) in [5, 5.41) is 20.7. The van der Waals surface area contributed by atoms with E-state index in [1.54, 1.807) is 0 Å². The number of Topliss-reactive ketones (excluding diaryl/α,β-unsaturated/α-hetero) is 1. The van der Waals surface area contributed by atoms with Crippen LogP contribution in [0, 0.1) is 5.92 Å². The lowest BCUT2D eigenvalue weighted by molar-refractivity contribution is -0.144. The number of nitrogens with one attached hydrogen (secondary N) is 1. The van der Waals surface area contributed by atoms with Gasteiger partial charge in [-0.05, 0) is 25.7 Å². The van der Waals surface area contributed by atoms with E-state index in [1.807, 2.05) is 6.92 Å². The molecule has 7 nitrogen and oxygen atoms in total. The Bertz CT molecular complexity index is 563. The van der Waals surface area contributed by atoms with E-state index in [-0.39, 0.29) is 31.0 Å². The van der Waals surface area contributed by atoms with Crippen molar-refractivity contribution in [3.05, 3.63) is 0 Å². The molecular formula is C27H49NO6. The highest BCUT2D eigenvalue weighted by Crippen LogP contribution is 2.17. The molecule has 1 atom stereocenters. The van der Waals surface area contributed by atoms with Crippen molar-refractivity contribution in [2.45, 2.75) is 135 Å². The first kappa shape index (κ1) is 32.1. The van der Waals surface area contributed by atoms with Gasteiger partial charge in [0.05, 0.1) is 5.92 Å². The monoisotopic (exact) mass is 483 g/mol. The SMILES string of the molecule is CCCNC(=O)CC[C@H](CC(=O)CCCCCCCCCCCCCCCCC(=O)O)C(=O)O. The fraction of sp³-hybridized carbons (Fsp3) is 0.852. The molecule has 0 bridgehead atoms. The third-order valence-corrected chi connectivity index (χ3v) is 6.21. The van der Waals surface area contributed by atoms with Crippen molar-refractivity contribution in [1.82, 2.24) is 5.32 Å². The van der Waals surface area contributed by atoms with E-state index in [1.165, 1.54) is 51.4 Å². The number of carboxylic acid groups (broad SMARTS) is 2. The number of aliphatic carboxylic acids is 2. The molecule has 0 unspecified atom stereocenters. The second kappa shape index (κ2) is 22.9. The summed E-state index contributed by atoms with van der Waals surface area (Å²) in [5.41, 5.74) is 0. The molecule has 0 spiro atoms. The van der Waals surface area contributed by atoms with Crippen LogP contribution in [0.5, 0.6) is 0 Å². The molecule has 0 aromatic rings. The highest BCUT2D eigenvalue weighted by molar-refractivity contribution is 5.84. The maximum Gasteiger partial charge on any atom is 0.306 e. The van der Waals surface area contributed by atoms with E-state index in [2.05, 4.69) is 5.32 Å². The van der Waals surface area contributed by atoms with Crippen molar-refractivity contribution in [3.8, 4) is 0 Å². The van der Waals surface area contributed by atoms with Gasteiger partial charge in [-0.15, -0.1) is 0 Å². The van der Waals surface area contributed by atoms with E-state index in [0.29, 0.717) is 19.4 Å². The van der Waals surface area contributed by atoms with Crippen molar-refractivity contribution >= 4 is 23.6 Å². The smallest absolute Gasteiger partial charge is 0.306 e. The van der Waals surface area contributed by atoms with Crippen LogP contribution in [0.25, 0.3) is 0 Å². The third-order valence-electron chi connectivity index (χ3n) is 6.21. The van der Waals surface area contributed by atoms with Crippen molar-refractivity contribution in [2.75, 3.05) is 6.54 Å². The maximum atomic E-state index is 12.1. The second-order valence-electron chi connectivity index (χ2n) is 9.51. The second-order valence-corrected chi connectivity index (χ2v) is 9.51. The molecule has 0 aromatic carbocycles. The van der Waals surface area contributed by atoms with Gasteiger partial charge in [0.25, 0.3) is 0 Å². The van der Waals surface area contributed by atoms with Crippen LogP contribution in [0.1, 0.15) is 135 Å². The van der Waals surface area contributed by atoms with Gasteiger partial charge in [0.15, 0.2) is 0 Å². The normalized spacial score (nSPS) is 11.8. The molecular weight excluding hydrogens is 434 g/mol. The number of carbonyl (C=O) groups excluding carboxylic acids is 2. The largest absolute Gasteiger partial charge is 0.481 e. The zero-order valence-corrected chi connectivity index (χ0v) is 21.5. The zero-order valence-electron chi connectivity index (χ0n) is 21.5. The van der Waals surface area contributed by atoms with Crippen LogP contribution < -0.4 is 5.32 Å². The summed E-state index contributed by atoms with van der Waals surface area (Å²) in [5.74, 6) is -2.61. The first-order valence-corrected chi connectivity index (χ1v) is 13.6. The molecule has 0 aromatic heterocycles. The minimum atomic E-state index is -0.993. The quantitative estimate of drug-likeness (QED) is 0.131. The predicted molar refractivity (Wildman–Crippen MR) is 135 cm³/mol. The van der Waals surface area contributed by atoms with Gasteiger partial charge >= 0.3 is 11.9 Å². The Kier molecular flexibility index (Phi) is 21.6. The van der Waals surface area contributed by atoms with Crippen LogP contribution in [0.4, 0.5) is 0 Å². The van der Waals surface area contributed by atoms with E-state index in [9.17, 15) is 24.3 Å². The molecule has 0 aliphatic heterocycles. The summed E-state index contributed by atoms with van der Waals surface area (Å²) in [7, 11) is 0. The van der Waals surface area contributed by atoms with Crippen molar-refractivity contribution in [2.24, 2.45) is 5.92 Å². The third kappa shape index (κ3) is 21.9. The van der Waals surface area contributed by atoms with Crippen LogP contribution in [0.15, 0.2) is 0 Å². The van der Waals surface area contributed by atoms with E-state index < -0.39 is 17.9 Å². The summed E-state index contributed by atoms with van der Waals surface area (Å²) >= 11 is 0. The average molecular weight is 484 g/mol. The molecule has 7 heteroatoms. The standard InChI is InChI=1S/C27H49NO6/c1-2-21-28-25(30)20-19-23(27(33)34)22-24(29)17-15-13-11-9-7-5-3-4-6-8-10-12-14-16-18-26(31)32/h23H,2-22H2,1H3,(H,28,30)(H,31,32)(H,33,34)/t23-/m1/s1. The summed E-state index contributed by atoms with van der Waals surface area (Å²) in [6, 6.07) is 0. The lowest BCUT2D eigenvalue weighted by Gasteiger charge is -2.11. The topological polar surface area (TPSA) is 121 Å². The van der Waals surface area contributed by atoms with Gasteiger partial charge < -0.3 is 15.5 Å². The number of carboxylic acids is 2. The number of hydrogen-bond acceptors (Lipinski definition) is 4. The number of rotatable bonds is 25. The first-order chi connectivity index (χ1) is 16.4. The van der Waals surface area contributed by atoms with Crippen molar-refractivity contribution < 1.29 is 29.4 Å². The highest BCUT2D eigenvalue weighted by Gasteiger charge is 2.21. The molecule has 3 N–H and O–H groups in total. The molecule has 0 radical (unpaired) electrons. The summed E-state index contributed by atoms with van der Waals surface area (Å²) < 4.78 is 0. The van der Waals surface area contributed by atoms with Gasteiger partial charge in [-0.3, -0.25) is 19.2 Å². The Labute approximate surface area is 206 Å². The van der Waals surface area contributed by atoms with Gasteiger partial charge in [-0.1, -0.05) is 84.0 Å². The van der Waals surface area contributed by atoms with Crippen LogP contribution >= 0.6 is 0 Å². The van der Waals surface area contributed by atoms with Gasteiger partial charge in [0, 0.05) is 32.2 Å². The summed E-state index contributed by atoms with van der Waals surface area (Å²) in [4.78, 5) is 45.6. The Hall–Kier alpha value is -1.92. The molecule has 0 saturated heterocycles. The summed E-state index contributed by atoms with van der Waals surface area (Å²) in [6.45, 7) is 2.55. The molecule has 0 fully saturated rings. The number of ketones is 1. The van der Waals surface area contributed by atoms with Gasteiger partial charge in [-0.25, -0.2) is 0 Å². The Morgan fingerprint density at radius 2 is 1.09 bits per heavy atom. The fourth-order valence-corrected chi connectivity index (χ4v) is 4.07. The lowest BCUT2D eigenvalue weighted by atomic mass is 9.94. The van der Waals surface area contributed by atoms with Gasteiger partial charge in [-0.2, -0.15) is 0 Å². The van der Waals surface area contributed by atoms with Gasteiger partial charge in [0.2, 0.25) is 5.91 Å². The van der Waals surface area contributed by atoms with E-state index >= 15 is 0 Å². The molecule has 34 heavy (non-hydrogen) atoms. The molecule has 0 saturated carbocycles. The summed E-state index contributed by atoms with van der Waals surface area (Å²) in [6.07, 6.45) is 17.8. The number of amides is 1. The van der Waals surface area contributed by atoms with Crippen molar-refractivity contribution in [1.29, 1.82) is 0 Å². The average Bonchev–Trinajstić information content (AvgIpc) is 2.79. The van der Waals surface area contributed by atoms with Crippen molar-refractivity contribution in [3.63, 3.8) is 0 Å². The van der Waals surface area contributed by atoms with E-state index in [0.717, 1.165) is 44.9 Å². The molecule has 0 aliphatic rings. The number of hydrogen-bond donors (Lipinski definition) is 3. The molecule has 0 rings (SSSR count). The van der Waals surface area contributed by atoms with Gasteiger partial charge in [0.1, 0.15) is 5.78 Å². The maximum absolute atomic E-state index is 12.1.